The summed E-state index contributed by atoms with van der Waals surface area (Å²) in [5, 5.41) is 6.79. The summed E-state index contributed by atoms with van der Waals surface area (Å²) in [5.74, 6) is 0.788. The van der Waals surface area contributed by atoms with E-state index < -0.39 is 16.1 Å². The number of sulfonamides is 1. The van der Waals surface area contributed by atoms with Crippen LogP contribution in [0.15, 0.2) is 60.9 Å². The van der Waals surface area contributed by atoms with Crippen LogP contribution in [0.4, 0.5) is 16.3 Å². The van der Waals surface area contributed by atoms with E-state index >= 15 is 0 Å². The number of ether oxygens (including phenoxy) is 2. The Kier molecular flexibility index (Phi) is 5.60. The number of pyridine rings is 1. The summed E-state index contributed by atoms with van der Waals surface area (Å²) >= 11 is 0. The van der Waals surface area contributed by atoms with Crippen molar-refractivity contribution in [2.45, 2.75) is 0 Å². The van der Waals surface area contributed by atoms with Crippen molar-refractivity contribution in [3.05, 3.63) is 60.9 Å². The van der Waals surface area contributed by atoms with Crippen LogP contribution >= 0.6 is 0 Å². The Labute approximate surface area is 183 Å². The molecule has 0 atom stereocenters. The van der Waals surface area contributed by atoms with E-state index in [2.05, 4.69) is 25.1 Å². The number of fused-ring (bicyclic) bond motifs is 1. The topological polar surface area (TPSA) is 137 Å². The molecule has 0 fully saturated rings. The zero-order chi connectivity index (χ0) is 22.7. The number of anilines is 2. The van der Waals surface area contributed by atoms with Gasteiger partial charge in [-0.2, -0.15) is 0 Å². The fourth-order valence-electron chi connectivity index (χ4n) is 2.85. The minimum absolute atomic E-state index is 0.132. The van der Waals surface area contributed by atoms with Crippen LogP contribution < -0.4 is 19.5 Å². The minimum atomic E-state index is -3.53. The quantitative estimate of drug-likeness (QED) is 0.454. The zero-order valence-corrected chi connectivity index (χ0v) is 17.8. The third-order valence-electron chi connectivity index (χ3n) is 4.14. The third kappa shape index (κ3) is 4.92. The smallest absolute Gasteiger partial charge is 0.418 e. The number of amides is 1. The van der Waals surface area contributed by atoms with Gasteiger partial charge in [0.15, 0.2) is 11.5 Å². The second kappa shape index (κ2) is 8.51. The van der Waals surface area contributed by atoms with Gasteiger partial charge in [0.05, 0.1) is 19.1 Å². The van der Waals surface area contributed by atoms with Gasteiger partial charge in [-0.3, -0.25) is 10.0 Å². The van der Waals surface area contributed by atoms with E-state index in [0.29, 0.717) is 22.7 Å². The van der Waals surface area contributed by atoms with Crippen molar-refractivity contribution in [2.75, 3.05) is 23.4 Å². The van der Waals surface area contributed by atoms with Crippen LogP contribution in [0.5, 0.6) is 11.6 Å². The summed E-state index contributed by atoms with van der Waals surface area (Å²) in [6.07, 6.45) is 3.51. The van der Waals surface area contributed by atoms with Crippen LogP contribution in [0.25, 0.3) is 16.9 Å². The molecule has 1 amide bonds. The molecular weight excluding hydrogens is 436 g/mol. The van der Waals surface area contributed by atoms with Gasteiger partial charge < -0.3 is 9.47 Å². The summed E-state index contributed by atoms with van der Waals surface area (Å²) in [5.41, 5.74) is 1.71. The first kappa shape index (κ1) is 21.1. The number of nitrogens with zero attached hydrogens (tertiary/aromatic N) is 4. The van der Waals surface area contributed by atoms with Crippen molar-refractivity contribution in [3.8, 4) is 22.9 Å². The summed E-state index contributed by atoms with van der Waals surface area (Å²) in [7, 11) is -2.14. The van der Waals surface area contributed by atoms with Crippen LogP contribution in [0.1, 0.15) is 0 Å². The Morgan fingerprint density at radius 2 is 1.91 bits per heavy atom. The normalized spacial score (nSPS) is 11.2. The number of benzene rings is 1. The number of para-hydroxylation sites is 1. The van der Waals surface area contributed by atoms with E-state index in [0.717, 1.165) is 6.26 Å². The Morgan fingerprint density at radius 1 is 1.12 bits per heavy atom. The van der Waals surface area contributed by atoms with Crippen LogP contribution in [0.3, 0.4) is 0 Å². The summed E-state index contributed by atoms with van der Waals surface area (Å²) in [6, 6.07) is 13.5. The fraction of sp³-hybridized carbons (Fsp3) is 0.100. The first-order chi connectivity index (χ1) is 15.3. The first-order valence-corrected chi connectivity index (χ1v) is 11.1. The van der Waals surface area contributed by atoms with E-state index in [1.807, 2.05) is 6.07 Å². The monoisotopic (exact) mass is 454 g/mol. The highest BCUT2D eigenvalue weighted by molar-refractivity contribution is 7.92. The minimum Gasteiger partial charge on any atom is -0.480 e. The van der Waals surface area contributed by atoms with Crippen molar-refractivity contribution >= 4 is 33.3 Å². The van der Waals surface area contributed by atoms with Gasteiger partial charge in [-0.05, 0) is 24.3 Å². The number of methoxy groups -OCH3 is 1. The van der Waals surface area contributed by atoms with Gasteiger partial charge in [0.1, 0.15) is 11.4 Å². The molecule has 0 aliphatic heterocycles. The number of carbonyl (C=O) groups excluding carboxylic acids is 1. The van der Waals surface area contributed by atoms with Crippen molar-refractivity contribution < 1.29 is 22.7 Å². The van der Waals surface area contributed by atoms with Crippen LogP contribution in [0, 0.1) is 0 Å². The van der Waals surface area contributed by atoms with Crippen LogP contribution in [0.2, 0.25) is 0 Å². The SMILES string of the molecule is COc1ncc(-c2ccn3nc(NC(=O)Oc4ccccc4)cc3n2)cc1NS(C)(=O)=O. The number of rotatable bonds is 6. The van der Waals surface area contributed by atoms with Crippen LogP contribution in [-0.2, 0) is 10.0 Å². The van der Waals surface area contributed by atoms with Crippen molar-refractivity contribution in [1.29, 1.82) is 0 Å². The van der Waals surface area contributed by atoms with Crippen molar-refractivity contribution in [2.24, 2.45) is 0 Å². The van der Waals surface area contributed by atoms with Crippen molar-refractivity contribution in [3.63, 3.8) is 0 Å². The predicted octanol–water partition coefficient (Wildman–Crippen LogP) is 2.78. The molecule has 0 aliphatic rings. The number of aromatic nitrogens is 4. The lowest BCUT2D eigenvalue weighted by molar-refractivity contribution is 0.215. The van der Waals surface area contributed by atoms with Gasteiger partial charge in [0, 0.05) is 24.0 Å². The number of hydrogen-bond donors (Lipinski definition) is 2. The maximum absolute atomic E-state index is 12.1. The molecule has 2 N–H and O–H groups in total. The summed E-state index contributed by atoms with van der Waals surface area (Å²) in [4.78, 5) is 20.7. The molecule has 11 nitrogen and oxygen atoms in total. The Balaban J connectivity index is 1.58. The lowest BCUT2D eigenvalue weighted by Crippen LogP contribution is -2.16. The molecule has 0 saturated heterocycles. The van der Waals surface area contributed by atoms with Gasteiger partial charge >= 0.3 is 6.09 Å². The van der Waals surface area contributed by atoms with Crippen LogP contribution in [-0.4, -0.2) is 47.5 Å². The van der Waals surface area contributed by atoms with E-state index in [-0.39, 0.29) is 17.4 Å². The molecule has 3 heterocycles. The Hall–Kier alpha value is -4.19. The van der Waals surface area contributed by atoms with Gasteiger partial charge in [0.25, 0.3) is 0 Å². The number of nitrogens with one attached hydrogen (secondary N) is 2. The predicted molar refractivity (Wildman–Crippen MR) is 117 cm³/mol. The molecule has 0 unspecified atom stereocenters. The van der Waals surface area contributed by atoms with Crippen molar-refractivity contribution in [1.82, 2.24) is 19.6 Å². The van der Waals surface area contributed by atoms with E-state index in [1.165, 1.54) is 17.8 Å². The molecule has 0 radical (unpaired) electrons. The Bertz CT molecular complexity index is 1390. The molecule has 164 valence electrons. The molecule has 1 aromatic carbocycles. The molecule has 32 heavy (non-hydrogen) atoms. The first-order valence-electron chi connectivity index (χ1n) is 9.23. The lowest BCUT2D eigenvalue weighted by atomic mass is 10.2. The average molecular weight is 454 g/mol. The van der Waals surface area contributed by atoms with Gasteiger partial charge in [-0.1, -0.05) is 18.2 Å². The molecule has 3 aromatic heterocycles. The second-order valence-electron chi connectivity index (χ2n) is 6.63. The zero-order valence-electron chi connectivity index (χ0n) is 17.0. The highest BCUT2D eigenvalue weighted by Gasteiger charge is 2.14. The Morgan fingerprint density at radius 3 is 2.62 bits per heavy atom. The summed E-state index contributed by atoms with van der Waals surface area (Å²) < 4.78 is 37.4. The maximum Gasteiger partial charge on any atom is 0.418 e. The highest BCUT2D eigenvalue weighted by Crippen LogP contribution is 2.28. The highest BCUT2D eigenvalue weighted by atomic mass is 32.2. The molecule has 0 aliphatic carbocycles. The van der Waals surface area contributed by atoms with Gasteiger partial charge in [-0.25, -0.2) is 27.7 Å². The standard InChI is InChI=1S/C20H18N6O5S/c1-30-19-16(25-32(2,28)29)10-13(12-21-19)15-8-9-26-18(22-15)11-17(24-26)23-20(27)31-14-6-4-3-5-7-14/h3-12,25H,1-2H3,(H,23,24,27). The number of carbonyl (C=O) groups is 1. The second-order valence-corrected chi connectivity index (χ2v) is 8.38. The van der Waals surface area contributed by atoms with Gasteiger partial charge in [0.2, 0.25) is 15.9 Å². The van der Waals surface area contributed by atoms with Gasteiger partial charge in [-0.15, -0.1) is 5.10 Å². The molecule has 4 aromatic rings. The number of hydrogen-bond acceptors (Lipinski definition) is 8. The lowest BCUT2D eigenvalue weighted by Gasteiger charge is -2.10. The average Bonchev–Trinajstić information content (AvgIpc) is 3.14. The molecule has 12 heteroatoms. The third-order valence-corrected chi connectivity index (χ3v) is 4.73. The molecule has 0 bridgehead atoms. The van der Waals surface area contributed by atoms with E-state index in [4.69, 9.17) is 9.47 Å². The molecular formula is C20H18N6O5S. The largest absolute Gasteiger partial charge is 0.480 e. The fourth-order valence-corrected chi connectivity index (χ4v) is 3.40. The maximum atomic E-state index is 12.1. The van der Waals surface area contributed by atoms with E-state index in [1.54, 1.807) is 48.7 Å². The molecule has 0 spiro atoms. The summed E-state index contributed by atoms with van der Waals surface area (Å²) in [6.45, 7) is 0. The molecule has 0 saturated carbocycles. The van der Waals surface area contributed by atoms with E-state index in [9.17, 15) is 13.2 Å². The molecule has 4 rings (SSSR count).